The summed E-state index contributed by atoms with van der Waals surface area (Å²) >= 11 is 3.19. The molecule has 1 fully saturated rings. The molecule has 1 aromatic heterocycles. The molecule has 31 heavy (non-hydrogen) atoms. The number of benzene rings is 1. The van der Waals surface area contributed by atoms with Crippen LogP contribution in [0.4, 0.5) is 4.39 Å². The number of rotatable bonds is 7. The van der Waals surface area contributed by atoms with Crippen LogP contribution in [-0.2, 0) is 27.2 Å². The van der Waals surface area contributed by atoms with Crippen LogP contribution in [0.25, 0.3) is 0 Å². The fourth-order valence-corrected chi connectivity index (χ4v) is 4.49. The van der Waals surface area contributed by atoms with Gasteiger partial charge in [-0.3, -0.25) is 14.2 Å². The van der Waals surface area contributed by atoms with E-state index in [1.54, 1.807) is 17.0 Å². The molecule has 1 aromatic carbocycles. The zero-order chi connectivity index (χ0) is 22.6. The van der Waals surface area contributed by atoms with Crippen LogP contribution in [0.15, 0.2) is 41.0 Å². The van der Waals surface area contributed by atoms with E-state index in [1.165, 1.54) is 24.4 Å². The van der Waals surface area contributed by atoms with Crippen molar-refractivity contribution in [2.45, 2.75) is 25.3 Å². The highest BCUT2D eigenvalue weighted by Crippen LogP contribution is 2.22. The number of piperazine rings is 1. The Morgan fingerprint density at radius 3 is 2.68 bits per heavy atom. The number of amides is 1. The van der Waals surface area contributed by atoms with Crippen LogP contribution < -0.4 is 4.74 Å². The van der Waals surface area contributed by atoms with Crippen molar-refractivity contribution in [1.29, 1.82) is 0 Å². The second-order valence-electron chi connectivity index (χ2n) is 7.43. The Morgan fingerprint density at radius 1 is 1.32 bits per heavy atom. The highest BCUT2D eigenvalue weighted by molar-refractivity contribution is 9.10. The zero-order valence-corrected chi connectivity index (χ0v) is 19.3. The summed E-state index contributed by atoms with van der Waals surface area (Å²) < 4.78 is 50.7. The molecule has 1 saturated heterocycles. The Balaban J connectivity index is 1.56. The Bertz CT molecular complexity index is 1040. The van der Waals surface area contributed by atoms with E-state index in [4.69, 9.17) is 9.29 Å². The van der Waals surface area contributed by atoms with Gasteiger partial charge in [-0.15, -0.1) is 0 Å². The minimum atomic E-state index is -4.28. The molecule has 0 bridgehead atoms. The van der Waals surface area contributed by atoms with E-state index >= 15 is 0 Å². The largest absolute Gasteiger partial charge is 0.467 e. The molecule has 8 nitrogen and oxygen atoms in total. The maximum absolute atomic E-state index is 13.1. The fourth-order valence-electron chi connectivity index (χ4n) is 3.51. The summed E-state index contributed by atoms with van der Waals surface area (Å²) in [5.74, 6) is -1.19. The van der Waals surface area contributed by atoms with Crippen LogP contribution in [0.5, 0.6) is 5.88 Å². The zero-order valence-electron chi connectivity index (χ0n) is 16.9. The number of hydrogen-bond acceptors (Lipinski definition) is 6. The number of hydrogen-bond donors (Lipinski definition) is 1. The summed E-state index contributed by atoms with van der Waals surface area (Å²) in [6.45, 7) is 4.15. The summed E-state index contributed by atoms with van der Waals surface area (Å²) in [5, 5.41) is 0. The van der Waals surface area contributed by atoms with E-state index in [2.05, 4.69) is 25.8 Å². The first-order valence-corrected chi connectivity index (χ1v) is 12.0. The van der Waals surface area contributed by atoms with Crippen LogP contribution in [-0.4, -0.2) is 65.9 Å². The molecule has 3 rings (SSSR count). The second-order valence-corrected chi connectivity index (χ2v) is 9.80. The molecule has 1 unspecified atom stereocenters. The van der Waals surface area contributed by atoms with Crippen molar-refractivity contribution in [3.63, 3.8) is 0 Å². The van der Waals surface area contributed by atoms with Crippen molar-refractivity contribution < 1.29 is 26.9 Å². The van der Waals surface area contributed by atoms with Crippen LogP contribution in [0, 0.1) is 5.82 Å². The van der Waals surface area contributed by atoms with Gasteiger partial charge in [-0.1, -0.05) is 12.1 Å². The number of ether oxygens (including phenoxy) is 1. The van der Waals surface area contributed by atoms with Crippen molar-refractivity contribution >= 4 is 32.0 Å². The highest BCUT2D eigenvalue weighted by atomic mass is 79.9. The van der Waals surface area contributed by atoms with Gasteiger partial charge in [0.2, 0.25) is 5.88 Å². The lowest BCUT2D eigenvalue weighted by molar-refractivity contribution is -0.138. The number of halogens is 2. The molecule has 1 N–H and O–H groups in total. The summed E-state index contributed by atoms with van der Waals surface area (Å²) in [7, 11) is -4.28. The number of nitrogens with zero attached hydrogens (tertiary/aromatic N) is 3. The molecule has 0 aliphatic carbocycles. The molecular weight excluding hydrogens is 493 g/mol. The standard InChI is InChI=1S/C20H23BrFN3O5S/c1-14-10-24(11-15-2-4-18(22)5-3-15)6-7-25(14)19(26)12-30-20-16(13-31(27,28)29)8-17(21)9-23-20/h2-5,8-9,14H,6-7,10-13H2,1H3,(H,27,28,29). The van der Waals surface area contributed by atoms with Gasteiger partial charge in [0, 0.05) is 48.5 Å². The summed E-state index contributed by atoms with van der Waals surface area (Å²) in [6, 6.07) is 7.78. The lowest BCUT2D eigenvalue weighted by Gasteiger charge is -2.39. The summed E-state index contributed by atoms with van der Waals surface area (Å²) in [5.41, 5.74) is 1.16. The van der Waals surface area contributed by atoms with E-state index in [9.17, 15) is 17.6 Å². The number of carbonyl (C=O) groups is 1. The van der Waals surface area contributed by atoms with Crippen molar-refractivity contribution in [3.05, 3.63) is 57.9 Å². The topological polar surface area (TPSA) is 100 Å². The Hall–Kier alpha value is -2.08. The average molecular weight is 516 g/mol. The van der Waals surface area contributed by atoms with Gasteiger partial charge in [-0.25, -0.2) is 9.37 Å². The quantitative estimate of drug-likeness (QED) is 0.565. The average Bonchev–Trinajstić information content (AvgIpc) is 2.68. The van der Waals surface area contributed by atoms with Crippen molar-refractivity contribution in [1.82, 2.24) is 14.8 Å². The molecule has 2 aromatic rings. The van der Waals surface area contributed by atoms with Crippen LogP contribution in [0.1, 0.15) is 18.1 Å². The van der Waals surface area contributed by atoms with Gasteiger partial charge >= 0.3 is 0 Å². The first kappa shape index (κ1) is 23.6. The van der Waals surface area contributed by atoms with Crippen molar-refractivity contribution in [2.24, 2.45) is 0 Å². The summed E-state index contributed by atoms with van der Waals surface area (Å²) in [6.07, 6.45) is 1.42. The van der Waals surface area contributed by atoms with Gasteiger partial charge in [0.05, 0.1) is 0 Å². The Labute approximate surface area is 188 Å². The van der Waals surface area contributed by atoms with Gasteiger partial charge in [-0.2, -0.15) is 8.42 Å². The van der Waals surface area contributed by atoms with E-state index < -0.39 is 15.9 Å². The lowest BCUT2D eigenvalue weighted by Crippen LogP contribution is -2.54. The SMILES string of the molecule is CC1CN(Cc2ccc(F)cc2)CCN1C(=O)COc1ncc(Br)cc1CS(=O)(=O)O. The highest BCUT2D eigenvalue weighted by Gasteiger charge is 2.28. The molecule has 2 heterocycles. The van der Waals surface area contributed by atoms with Crippen LogP contribution >= 0.6 is 15.9 Å². The van der Waals surface area contributed by atoms with E-state index in [1.807, 2.05) is 6.92 Å². The molecule has 0 saturated carbocycles. The molecule has 1 aliphatic rings. The normalized spacial score (nSPS) is 17.5. The number of carbonyl (C=O) groups excluding carboxylic acids is 1. The third-order valence-corrected chi connectivity index (χ3v) is 6.02. The molecule has 1 atom stereocenters. The number of pyridine rings is 1. The molecule has 0 radical (unpaired) electrons. The van der Waals surface area contributed by atoms with E-state index in [0.29, 0.717) is 30.7 Å². The maximum atomic E-state index is 13.1. The number of aromatic nitrogens is 1. The van der Waals surface area contributed by atoms with Crippen molar-refractivity contribution in [3.8, 4) is 5.88 Å². The smallest absolute Gasteiger partial charge is 0.269 e. The Kier molecular flexibility index (Phi) is 7.63. The fraction of sp³-hybridized carbons (Fsp3) is 0.400. The predicted molar refractivity (Wildman–Crippen MR) is 116 cm³/mol. The monoisotopic (exact) mass is 515 g/mol. The third-order valence-electron chi connectivity index (χ3n) is 4.91. The van der Waals surface area contributed by atoms with Gasteiger partial charge in [-0.05, 0) is 46.6 Å². The Morgan fingerprint density at radius 2 is 2.03 bits per heavy atom. The predicted octanol–water partition coefficient (Wildman–Crippen LogP) is 2.48. The molecule has 168 valence electrons. The molecule has 1 aliphatic heterocycles. The van der Waals surface area contributed by atoms with Gasteiger partial charge in [0.15, 0.2) is 6.61 Å². The van der Waals surface area contributed by atoms with Gasteiger partial charge < -0.3 is 9.64 Å². The molecule has 1 amide bonds. The van der Waals surface area contributed by atoms with Crippen LogP contribution in [0.2, 0.25) is 0 Å². The lowest BCUT2D eigenvalue weighted by atomic mass is 10.1. The van der Waals surface area contributed by atoms with Crippen LogP contribution in [0.3, 0.4) is 0 Å². The minimum Gasteiger partial charge on any atom is -0.467 e. The van der Waals surface area contributed by atoms with Crippen molar-refractivity contribution in [2.75, 3.05) is 26.2 Å². The third kappa shape index (κ3) is 6.96. The second kappa shape index (κ2) is 10.0. The summed E-state index contributed by atoms with van der Waals surface area (Å²) in [4.78, 5) is 20.6. The first-order chi connectivity index (χ1) is 14.6. The minimum absolute atomic E-state index is 0.0169. The maximum Gasteiger partial charge on any atom is 0.269 e. The van der Waals surface area contributed by atoms with E-state index in [0.717, 1.165) is 5.56 Å². The molecular formula is C20H23BrFN3O5S. The van der Waals surface area contributed by atoms with Gasteiger partial charge in [0.25, 0.3) is 16.0 Å². The van der Waals surface area contributed by atoms with E-state index in [-0.39, 0.29) is 35.8 Å². The molecule has 0 spiro atoms. The molecule has 11 heteroatoms. The van der Waals surface area contributed by atoms with Gasteiger partial charge in [0.1, 0.15) is 11.6 Å². The first-order valence-electron chi connectivity index (χ1n) is 9.59.